The van der Waals surface area contributed by atoms with Crippen molar-refractivity contribution in [3.63, 3.8) is 0 Å². The Morgan fingerprint density at radius 2 is 1.81 bits per heavy atom. The molecule has 138 valence electrons. The molecule has 3 rings (SSSR count). The van der Waals surface area contributed by atoms with Crippen LogP contribution in [0.15, 0.2) is 48.5 Å². The quantitative estimate of drug-likeness (QED) is 0.527. The van der Waals surface area contributed by atoms with Gasteiger partial charge < -0.3 is 20.1 Å². The number of carbonyl (C=O) groups excluding carboxylic acids is 2. The summed E-state index contributed by atoms with van der Waals surface area (Å²) >= 11 is 0. The van der Waals surface area contributed by atoms with Gasteiger partial charge in [0.2, 0.25) is 5.91 Å². The van der Waals surface area contributed by atoms with E-state index in [1.165, 1.54) is 6.07 Å². The van der Waals surface area contributed by atoms with Gasteiger partial charge in [0.15, 0.2) is 5.78 Å². The first-order valence-electron chi connectivity index (χ1n) is 8.53. The van der Waals surface area contributed by atoms with Gasteiger partial charge in [-0.2, -0.15) is 0 Å². The minimum atomic E-state index is -1.37. The summed E-state index contributed by atoms with van der Waals surface area (Å²) < 4.78 is 5.33. The van der Waals surface area contributed by atoms with Crippen molar-refractivity contribution in [3.05, 3.63) is 65.2 Å². The van der Waals surface area contributed by atoms with Gasteiger partial charge in [-0.25, -0.2) is 4.79 Å². The number of aromatic carboxylic acids is 1. The highest BCUT2D eigenvalue weighted by Gasteiger charge is 2.37. The number of hydrogen-bond donors (Lipinski definition) is 3. The van der Waals surface area contributed by atoms with Crippen molar-refractivity contribution < 1.29 is 29.2 Å². The summed E-state index contributed by atoms with van der Waals surface area (Å²) in [6.07, 6.45) is 0.272. The molecule has 8 heteroatoms. The van der Waals surface area contributed by atoms with E-state index < -0.39 is 19.0 Å². The summed E-state index contributed by atoms with van der Waals surface area (Å²) in [6, 6.07) is 13.4. The molecule has 0 fully saturated rings. The van der Waals surface area contributed by atoms with Crippen LogP contribution in [0.1, 0.15) is 39.1 Å². The first-order valence-corrected chi connectivity index (χ1v) is 8.53. The van der Waals surface area contributed by atoms with Crippen LogP contribution < -0.4 is 9.97 Å². The number of Topliss-reactive ketones (excluding diaryl/α,β-unsaturated/α-hetero) is 1. The lowest BCUT2D eigenvalue weighted by molar-refractivity contribution is -0.121. The van der Waals surface area contributed by atoms with Gasteiger partial charge in [-0.3, -0.25) is 9.59 Å². The molecule has 0 aliphatic carbocycles. The van der Waals surface area contributed by atoms with Crippen molar-refractivity contribution in [2.24, 2.45) is 0 Å². The Labute approximate surface area is 156 Å². The number of benzene rings is 2. The van der Waals surface area contributed by atoms with Crippen molar-refractivity contribution >= 4 is 24.8 Å². The molecule has 0 radical (unpaired) electrons. The lowest BCUT2D eigenvalue weighted by atomic mass is 9.72. The molecule has 1 heterocycles. The normalized spacial score (nSPS) is 15.4. The first-order chi connectivity index (χ1) is 13.0. The van der Waals surface area contributed by atoms with E-state index in [9.17, 15) is 24.5 Å². The van der Waals surface area contributed by atoms with Gasteiger partial charge in [0.1, 0.15) is 5.75 Å². The molecule has 0 aromatic heterocycles. The smallest absolute Gasteiger partial charge is 0.534 e. The zero-order valence-electron chi connectivity index (χ0n) is 14.4. The van der Waals surface area contributed by atoms with E-state index in [1.807, 2.05) is 6.07 Å². The van der Waals surface area contributed by atoms with E-state index in [0.29, 0.717) is 11.1 Å². The molecule has 1 unspecified atom stereocenters. The third-order valence-electron chi connectivity index (χ3n) is 4.37. The molecule has 7 nitrogen and oxygen atoms in total. The molecule has 0 spiro atoms. The van der Waals surface area contributed by atoms with Crippen molar-refractivity contribution in [2.75, 3.05) is 0 Å². The lowest BCUT2D eigenvalue weighted by Gasteiger charge is -2.28. The molecular formula is C19H18BNO6. The van der Waals surface area contributed by atoms with Crippen LogP contribution in [0.25, 0.3) is 0 Å². The van der Waals surface area contributed by atoms with E-state index in [2.05, 4.69) is 5.32 Å². The fourth-order valence-electron chi connectivity index (χ4n) is 2.99. The highest BCUT2D eigenvalue weighted by molar-refractivity contribution is 6.47. The van der Waals surface area contributed by atoms with E-state index in [0.717, 1.165) is 0 Å². The third kappa shape index (κ3) is 4.35. The monoisotopic (exact) mass is 367 g/mol. The number of nitrogens with one attached hydrogen (secondary N) is 1. The Balaban J connectivity index is 1.59. The summed E-state index contributed by atoms with van der Waals surface area (Å²) in [5.41, 5.74) is 1.09. The fourth-order valence-corrected chi connectivity index (χ4v) is 2.99. The Kier molecular flexibility index (Phi) is 5.56. The molecule has 3 N–H and O–H groups in total. The Morgan fingerprint density at radius 1 is 1.07 bits per heavy atom. The average molecular weight is 367 g/mol. The number of ketones is 1. The van der Waals surface area contributed by atoms with E-state index in [-0.39, 0.29) is 42.3 Å². The maximum atomic E-state index is 12.2. The molecule has 2 aromatic carbocycles. The summed E-state index contributed by atoms with van der Waals surface area (Å²) in [5, 5.41) is 22.0. The zero-order chi connectivity index (χ0) is 19.4. The number of hydrogen-bond acceptors (Lipinski definition) is 5. The van der Waals surface area contributed by atoms with Gasteiger partial charge >= 0.3 is 13.1 Å². The summed E-state index contributed by atoms with van der Waals surface area (Å²) in [6.45, 7) is 0. The zero-order valence-corrected chi connectivity index (χ0v) is 14.4. The minimum absolute atomic E-state index is 0.0149. The molecule has 27 heavy (non-hydrogen) atoms. The first kappa shape index (κ1) is 18.7. The second-order valence-corrected chi connectivity index (χ2v) is 6.27. The van der Waals surface area contributed by atoms with Gasteiger partial charge in [0, 0.05) is 18.4 Å². The molecule has 0 saturated heterocycles. The number of rotatable bonds is 6. The van der Waals surface area contributed by atoms with Crippen LogP contribution >= 0.6 is 0 Å². The van der Waals surface area contributed by atoms with Crippen LogP contribution in [0, 0.1) is 0 Å². The number of carboxylic acids is 1. The SMILES string of the molecule is O=C(CCC(=O)c1ccccc1)NC1Cc2cccc(C(=O)O)c2OB1O. The van der Waals surface area contributed by atoms with Crippen molar-refractivity contribution in [2.45, 2.75) is 25.2 Å². The lowest BCUT2D eigenvalue weighted by Crippen LogP contribution is -2.53. The maximum absolute atomic E-state index is 12.2. The highest BCUT2D eigenvalue weighted by atomic mass is 16.5. The Bertz CT molecular complexity index is 870. The molecule has 0 bridgehead atoms. The summed E-state index contributed by atoms with van der Waals surface area (Å²) in [7, 11) is -1.37. The average Bonchev–Trinajstić information content (AvgIpc) is 2.66. The number of carbonyl (C=O) groups is 3. The van der Waals surface area contributed by atoms with Crippen molar-refractivity contribution in [1.29, 1.82) is 0 Å². The topological polar surface area (TPSA) is 113 Å². The number of fused-ring (bicyclic) bond motifs is 1. The molecular weight excluding hydrogens is 349 g/mol. The molecule has 2 aromatic rings. The highest BCUT2D eigenvalue weighted by Crippen LogP contribution is 2.30. The molecule has 1 aliphatic rings. The maximum Gasteiger partial charge on any atom is 0.547 e. The summed E-state index contributed by atoms with van der Waals surface area (Å²) in [5.74, 6) is -2.28. The Hall–Kier alpha value is -3.13. The predicted octanol–water partition coefficient (Wildman–Crippen LogP) is 1.49. The molecule has 1 atom stereocenters. The third-order valence-corrected chi connectivity index (χ3v) is 4.37. The van der Waals surface area contributed by atoms with Gasteiger partial charge in [-0.15, -0.1) is 0 Å². The number of para-hydroxylation sites is 1. The molecule has 0 saturated carbocycles. The van der Waals surface area contributed by atoms with Crippen LogP contribution in [-0.2, 0) is 11.2 Å². The van der Waals surface area contributed by atoms with Crippen molar-refractivity contribution in [3.8, 4) is 5.75 Å². The molecule has 1 amide bonds. The van der Waals surface area contributed by atoms with Crippen LogP contribution in [0.5, 0.6) is 5.75 Å². The van der Waals surface area contributed by atoms with Gasteiger partial charge in [0.25, 0.3) is 0 Å². The molecule has 1 aliphatic heterocycles. The van der Waals surface area contributed by atoms with E-state index in [1.54, 1.807) is 36.4 Å². The van der Waals surface area contributed by atoms with Gasteiger partial charge in [-0.1, -0.05) is 42.5 Å². The minimum Gasteiger partial charge on any atom is -0.534 e. The standard InChI is InChI=1S/C19H18BNO6/c22-15(12-5-2-1-3-6-12)9-10-17(23)21-16-11-13-7-4-8-14(19(24)25)18(13)27-20(16)26/h1-8,16,26H,9-11H2,(H,21,23)(H,24,25). The fraction of sp³-hybridized carbons (Fsp3) is 0.211. The van der Waals surface area contributed by atoms with Gasteiger partial charge in [0.05, 0.1) is 11.5 Å². The number of carboxylic acid groups (broad SMARTS) is 1. The van der Waals surface area contributed by atoms with Gasteiger partial charge in [-0.05, 0) is 18.1 Å². The summed E-state index contributed by atoms with van der Waals surface area (Å²) in [4.78, 5) is 35.5. The second kappa shape index (κ2) is 8.05. The van der Waals surface area contributed by atoms with E-state index in [4.69, 9.17) is 4.65 Å². The largest absolute Gasteiger partial charge is 0.547 e. The number of amides is 1. The second-order valence-electron chi connectivity index (χ2n) is 6.27. The van der Waals surface area contributed by atoms with E-state index >= 15 is 0 Å². The Morgan fingerprint density at radius 3 is 2.52 bits per heavy atom. The van der Waals surface area contributed by atoms with Crippen LogP contribution in [0.4, 0.5) is 0 Å². The van der Waals surface area contributed by atoms with Crippen LogP contribution in [-0.4, -0.2) is 40.8 Å². The predicted molar refractivity (Wildman–Crippen MR) is 97.6 cm³/mol. The van der Waals surface area contributed by atoms with Crippen LogP contribution in [0.2, 0.25) is 0 Å². The van der Waals surface area contributed by atoms with Crippen LogP contribution in [0.3, 0.4) is 0 Å². The van der Waals surface area contributed by atoms with Crippen molar-refractivity contribution in [1.82, 2.24) is 5.32 Å².